The van der Waals surface area contributed by atoms with Gasteiger partial charge in [-0.1, -0.05) is 6.92 Å². The van der Waals surface area contributed by atoms with Gasteiger partial charge < -0.3 is 4.74 Å². The van der Waals surface area contributed by atoms with E-state index in [4.69, 9.17) is 4.74 Å². The van der Waals surface area contributed by atoms with Crippen LogP contribution in [0.25, 0.3) is 0 Å². The number of rotatable bonds is 3. The second kappa shape index (κ2) is 3.47. The molecular weight excluding hydrogens is 132 g/mol. The van der Waals surface area contributed by atoms with Crippen LogP contribution >= 0.6 is 12.6 Å². The van der Waals surface area contributed by atoms with Crippen LogP contribution in [0.3, 0.4) is 0 Å². The summed E-state index contributed by atoms with van der Waals surface area (Å²) >= 11 is 4.12. The van der Waals surface area contributed by atoms with Gasteiger partial charge in [-0.25, -0.2) is 0 Å². The zero-order valence-corrected chi connectivity index (χ0v) is 7.53. The molecule has 2 heteroatoms. The van der Waals surface area contributed by atoms with E-state index in [-0.39, 0.29) is 11.0 Å². The van der Waals surface area contributed by atoms with Gasteiger partial charge in [-0.3, -0.25) is 0 Å². The average Bonchev–Trinajstić information content (AvgIpc) is 1.63. The predicted octanol–water partition coefficient (Wildman–Crippen LogP) is 2.47. The summed E-state index contributed by atoms with van der Waals surface area (Å²) in [5.41, 5.74) is 0.0289. The van der Waals surface area contributed by atoms with Crippen LogP contribution in [0.1, 0.15) is 34.1 Å². The van der Waals surface area contributed by atoms with Gasteiger partial charge in [0.05, 0.1) is 11.0 Å². The summed E-state index contributed by atoms with van der Waals surface area (Å²) in [6.45, 7) is 8.18. The number of hydrogen-bond donors (Lipinski definition) is 1. The van der Waals surface area contributed by atoms with Crippen LogP contribution in [0, 0.1) is 0 Å². The zero-order chi connectivity index (χ0) is 7.49. The molecule has 0 heterocycles. The quantitative estimate of drug-likeness (QED) is 0.478. The maximum Gasteiger partial charge on any atom is 0.0978 e. The molecule has 0 aromatic carbocycles. The van der Waals surface area contributed by atoms with Crippen LogP contribution in [0.5, 0.6) is 0 Å². The minimum atomic E-state index is -0.0127. The monoisotopic (exact) mass is 148 g/mol. The van der Waals surface area contributed by atoms with E-state index in [0.717, 1.165) is 6.42 Å². The van der Waals surface area contributed by atoms with Crippen molar-refractivity contribution in [2.45, 2.75) is 45.2 Å². The van der Waals surface area contributed by atoms with Crippen molar-refractivity contribution in [1.82, 2.24) is 0 Å². The topological polar surface area (TPSA) is 9.23 Å². The molecule has 1 atom stereocenters. The number of hydrogen-bond acceptors (Lipinski definition) is 2. The average molecular weight is 148 g/mol. The molecule has 0 spiro atoms. The van der Waals surface area contributed by atoms with E-state index in [1.807, 2.05) is 6.92 Å². The SMILES string of the molecule is CCC(C)(C)OC(C)S. The largest absolute Gasteiger partial charge is 0.362 e. The Morgan fingerprint density at radius 2 is 2.00 bits per heavy atom. The number of ether oxygens (including phenoxy) is 1. The van der Waals surface area contributed by atoms with Crippen molar-refractivity contribution < 1.29 is 4.74 Å². The highest BCUT2D eigenvalue weighted by Gasteiger charge is 2.16. The smallest absolute Gasteiger partial charge is 0.0978 e. The minimum absolute atomic E-state index is 0.0127. The molecule has 0 fully saturated rings. The Morgan fingerprint density at radius 3 is 2.11 bits per heavy atom. The molecule has 9 heavy (non-hydrogen) atoms. The minimum Gasteiger partial charge on any atom is -0.362 e. The highest BCUT2D eigenvalue weighted by atomic mass is 32.1. The van der Waals surface area contributed by atoms with Crippen molar-refractivity contribution in [3.05, 3.63) is 0 Å². The molecule has 0 saturated carbocycles. The van der Waals surface area contributed by atoms with Gasteiger partial charge >= 0.3 is 0 Å². The van der Waals surface area contributed by atoms with Gasteiger partial charge in [0.15, 0.2) is 0 Å². The van der Waals surface area contributed by atoms with Crippen molar-refractivity contribution in [1.29, 1.82) is 0 Å². The fourth-order valence-electron chi connectivity index (χ4n) is 0.545. The van der Waals surface area contributed by atoms with E-state index in [1.165, 1.54) is 0 Å². The highest BCUT2D eigenvalue weighted by molar-refractivity contribution is 7.80. The summed E-state index contributed by atoms with van der Waals surface area (Å²) in [6.07, 6.45) is 1.03. The highest BCUT2D eigenvalue weighted by Crippen LogP contribution is 2.16. The Hall–Kier alpha value is 0.310. The van der Waals surface area contributed by atoms with Crippen LogP contribution in [0.2, 0.25) is 0 Å². The lowest BCUT2D eigenvalue weighted by molar-refractivity contribution is -0.0274. The van der Waals surface area contributed by atoms with Crippen LogP contribution in [0.15, 0.2) is 0 Å². The van der Waals surface area contributed by atoms with Crippen molar-refractivity contribution in [2.75, 3.05) is 0 Å². The predicted molar refractivity (Wildman–Crippen MR) is 43.9 cm³/mol. The summed E-state index contributed by atoms with van der Waals surface area (Å²) in [5, 5.41) is 0. The van der Waals surface area contributed by atoms with Crippen molar-refractivity contribution in [3.63, 3.8) is 0 Å². The molecule has 1 nitrogen and oxygen atoms in total. The Balaban J connectivity index is 3.58. The van der Waals surface area contributed by atoms with Crippen LogP contribution in [0.4, 0.5) is 0 Å². The van der Waals surface area contributed by atoms with Gasteiger partial charge in [0.25, 0.3) is 0 Å². The summed E-state index contributed by atoms with van der Waals surface area (Å²) in [6, 6.07) is 0. The Morgan fingerprint density at radius 1 is 1.56 bits per heavy atom. The third-order valence-electron chi connectivity index (χ3n) is 1.34. The Bertz CT molecular complexity index is 79.0. The van der Waals surface area contributed by atoms with Crippen LogP contribution < -0.4 is 0 Å². The molecule has 0 radical (unpaired) electrons. The first-order valence-electron chi connectivity index (χ1n) is 3.34. The molecule has 0 aliphatic rings. The fraction of sp³-hybridized carbons (Fsp3) is 1.00. The van der Waals surface area contributed by atoms with Gasteiger partial charge in [0, 0.05) is 0 Å². The Kier molecular flexibility index (Phi) is 3.59. The summed E-state index contributed by atoms with van der Waals surface area (Å²) in [4.78, 5) is 0. The summed E-state index contributed by atoms with van der Waals surface area (Å²) in [5.74, 6) is 0. The standard InChI is InChI=1S/C7H16OS/c1-5-7(3,4)8-6(2)9/h6,9H,5H2,1-4H3. The van der Waals surface area contributed by atoms with Crippen LogP contribution in [-0.2, 0) is 4.74 Å². The molecule has 0 aromatic heterocycles. The van der Waals surface area contributed by atoms with Gasteiger partial charge in [-0.05, 0) is 27.2 Å². The molecule has 0 N–H and O–H groups in total. The van der Waals surface area contributed by atoms with E-state index in [1.54, 1.807) is 0 Å². The van der Waals surface area contributed by atoms with Gasteiger partial charge in [0.2, 0.25) is 0 Å². The molecule has 1 unspecified atom stereocenters. The third-order valence-corrected chi connectivity index (χ3v) is 1.45. The normalized spacial score (nSPS) is 15.7. The maximum absolute atomic E-state index is 5.45. The van der Waals surface area contributed by atoms with Crippen molar-refractivity contribution in [2.24, 2.45) is 0 Å². The lowest BCUT2D eigenvalue weighted by Crippen LogP contribution is -2.25. The third kappa shape index (κ3) is 4.79. The first-order valence-corrected chi connectivity index (χ1v) is 3.85. The lowest BCUT2D eigenvalue weighted by atomic mass is 10.1. The zero-order valence-electron chi connectivity index (χ0n) is 6.64. The maximum atomic E-state index is 5.45. The molecule has 0 saturated heterocycles. The molecule has 0 aromatic rings. The molecule has 56 valence electrons. The number of thiol groups is 1. The van der Waals surface area contributed by atoms with E-state index in [0.29, 0.717) is 0 Å². The lowest BCUT2D eigenvalue weighted by Gasteiger charge is -2.25. The van der Waals surface area contributed by atoms with E-state index < -0.39 is 0 Å². The molecule has 0 amide bonds. The Labute approximate surface area is 63.2 Å². The van der Waals surface area contributed by atoms with Gasteiger partial charge in [0.1, 0.15) is 0 Å². The second-order valence-corrected chi connectivity index (χ2v) is 3.56. The molecule has 0 aliphatic heterocycles. The van der Waals surface area contributed by atoms with Crippen LogP contribution in [-0.4, -0.2) is 11.0 Å². The summed E-state index contributed by atoms with van der Waals surface area (Å²) < 4.78 is 5.45. The molecule has 0 bridgehead atoms. The van der Waals surface area contributed by atoms with E-state index in [2.05, 4.69) is 33.4 Å². The first kappa shape index (κ1) is 9.31. The van der Waals surface area contributed by atoms with E-state index >= 15 is 0 Å². The van der Waals surface area contributed by atoms with Gasteiger partial charge in [-0.2, -0.15) is 0 Å². The molecule has 0 rings (SSSR count). The van der Waals surface area contributed by atoms with Gasteiger partial charge in [-0.15, -0.1) is 12.6 Å². The fourth-order valence-corrected chi connectivity index (χ4v) is 0.830. The van der Waals surface area contributed by atoms with E-state index in [9.17, 15) is 0 Å². The summed E-state index contributed by atoms with van der Waals surface area (Å²) in [7, 11) is 0. The second-order valence-electron chi connectivity index (χ2n) is 2.83. The first-order chi connectivity index (χ1) is 3.98. The molecular formula is C7H16OS. The molecule has 0 aliphatic carbocycles. The van der Waals surface area contributed by atoms with Crippen molar-refractivity contribution >= 4 is 12.6 Å². The van der Waals surface area contributed by atoms with Crippen molar-refractivity contribution in [3.8, 4) is 0 Å².